The molecule has 0 saturated carbocycles. The minimum Gasteiger partial charge on any atom is -0.357 e. The first-order valence-electron chi connectivity index (χ1n) is 8.63. The Morgan fingerprint density at radius 1 is 1.26 bits per heavy atom. The lowest BCUT2D eigenvalue weighted by atomic mass is 9.84. The molecule has 1 atom stereocenters. The summed E-state index contributed by atoms with van der Waals surface area (Å²) < 4.78 is 22.7. The van der Waals surface area contributed by atoms with E-state index in [-0.39, 0.29) is 41.2 Å². The molecule has 27 heavy (non-hydrogen) atoms. The Balaban J connectivity index is 0.00000676. The van der Waals surface area contributed by atoms with Gasteiger partial charge in [-0.2, -0.15) is 0 Å². The smallest absolute Gasteiger partial charge is 0.191 e. The molecular formula is C18H30Cl2IN3O2S. The molecule has 9 heteroatoms. The van der Waals surface area contributed by atoms with Crippen LogP contribution in [0.1, 0.15) is 39.7 Å². The van der Waals surface area contributed by atoms with Gasteiger partial charge in [0, 0.05) is 34.3 Å². The van der Waals surface area contributed by atoms with E-state index >= 15 is 0 Å². The predicted molar refractivity (Wildman–Crippen MR) is 128 cm³/mol. The molecule has 1 aromatic carbocycles. The van der Waals surface area contributed by atoms with Crippen molar-refractivity contribution in [3.63, 3.8) is 0 Å². The molecule has 0 bridgehead atoms. The molecule has 0 fully saturated rings. The van der Waals surface area contributed by atoms with E-state index in [4.69, 9.17) is 23.2 Å². The Labute approximate surface area is 190 Å². The quantitative estimate of drug-likeness (QED) is 0.288. The lowest BCUT2D eigenvalue weighted by Crippen LogP contribution is -2.43. The molecule has 1 rings (SSSR count). The molecule has 0 heterocycles. The Hall–Kier alpha value is -0.250. The van der Waals surface area contributed by atoms with Crippen molar-refractivity contribution in [1.29, 1.82) is 0 Å². The molecule has 0 aliphatic carbocycles. The van der Waals surface area contributed by atoms with Crippen molar-refractivity contribution >= 4 is 63.0 Å². The number of rotatable bonds is 8. The van der Waals surface area contributed by atoms with E-state index in [0.29, 0.717) is 35.5 Å². The molecule has 0 radical (unpaired) electrons. The Bertz CT molecular complexity index is 720. The van der Waals surface area contributed by atoms with Crippen LogP contribution in [0.15, 0.2) is 23.2 Å². The van der Waals surface area contributed by atoms with E-state index in [2.05, 4.69) is 15.6 Å². The second-order valence-electron chi connectivity index (χ2n) is 7.14. The summed E-state index contributed by atoms with van der Waals surface area (Å²) in [6.07, 6.45) is 1.76. The van der Waals surface area contributed by atoms with Gasteiger partial charge >= 0.3 is 0 Å². The monoisotopic (exact) mass is 549 g/mol. The number of aliphatic imine (C=N–C) groups is 1. The van der Waals surface area contributed by atoms with Crippen LogP contribution >= 0.6 is 47.2 Å². The van der Waals surface area contributed by atoms with Gasteiger partial charge in [-0.25, -0.2) is 8.42 Å². The molecule has 0 amide bonds. The molecule has 0 spiro atoms. The summed E-state index contributed by atoms with van der Waals surface area (Å²) >= 11 is 12.7. The van der Waals surface area contributed by atoms with Crippen LogP contribution in [0.2, 0.25) is 10.0 Å². The third-order valence-electron chi connectivity index (χ3n) is 3.92. The van der Waals surface area contributed by atoms with Crippen LogP contribution in [0.3, 0.4) is 0 Å². The minimum absolute atomic E-state index is 0. The van der Waals surface area contributed by atoms with Crippen molar-refractivity contribution in [1.82, 2.24) is 10.6 Å². The normalized spacial score (nSPS) is 13.7. The number of nitrogens with one attached hydrogen (secondary N) is 2. The highest BCUT2D eigenvalue weighted by molar-refractivity contribution is 14.0. The van der Waals surface area contributed by atoms with E-state index in [1.54, 1.807) is 0 Å². The number of sulfone groups is 1. The van der Waals surface area contributed by atoms with Gasteiger partial charge in [0.25, 0.3) is 0 Å². The van der Waals surface area contributed by atoms with Gasteiger partial charge in [-0.3, -0.25) is 4.99 Å². The van der Waals surface area contributed by atoms with E-state index in [1.807, 2.05) is 45.9 Å². The van der Waals surface area contributed by atoms with Crippen LogP contribution in [-0.2, 0) is 15.3 Å². The van der Waals surface area contributed by atoms with Gasteiger partial charge in [-0.1, -0.05) is 43.1 Å². The fraction of sp³-hybridized carbons (Fsp3) is 0.611. The first kappa shape index (κ1) is 26.8. The van der Waals surface area contributed by atoms with Crippen LogP contribution in [-0.4, -0.2) is 45.5 Å². The number of guanidine groups is 1. The average molecular weight is 550 g/mol. The zero-order valence-electron chi connectivity index (χ0n) is 16.5. The van der Waals surface area contributed by atoms with Crippen LogP contribution in [0.25, 0.3) is 0 Å². The molecule has 156 valence electrons. The maximum Gasteiger partial charge on any atom is 0.191 e. The predicted octanol–water partition coefficient (Wildman–Crippen LogP) is 4.27. The van der Waals surface area contributed by atoms with Crippen LogP contribution < -0.4 is 10.6 Å². The van der Waals surface area contributed by atoms with Gasteiger partial charge in [0.15, 0.2) is 5.96 Å². The lowest BCUT2D eigenvalue weighted by Gasteiger charge is -2.26. The highest BCUT2D eigenvalue weighted by Crippen LogP contribution is 2.35. The Morgan fingerprint density at radius 2 is 1.81 bits per heavy atom. The third-order valence-corrected chi connectivity index (χ3v) is 5.53. The third kappa shape index (κ3) is 9.67. The fourth-order valence-electron chi connectivity index (χ4n) is 2.52. The second-order valence-corrected chi connectivity index (χ2v) is 10.2. The molecule has 1 aromatic rings. The summed E-state index contributed by atoms with van der Waals surface area (Å²) in [5.74, 6) is 0.783. The van der Waals surface area contributed by atoms with Gasteiger partial charge < -0.3 is 10.6 Å². The first-order valence-corrected chi connectivity index (χ1v) is 11.4. The zero-order chi connectivity index (χ0) is 20.0. The maximum absolute atomic E-state index is 11.3. The molecule has 0 aliphatic heterocycles. The summed E-state index contributed by atoms with van der Waals surface area (Å²) in [5.41, 5.74) is 0.515. The van der Waals surface area contributed by atoms with Gasteiger partial charge in [0.05, 0.1) is 12.3 Å². The number of benzene rings is 1. The van der Waals surface area contributed by atoms with E-state index in [1.165, 1.54) is 6.26 Å². The van der Waals surface area contributed by atoms with Crippen molar-refractivity contribution in [2.75, 3.05) is 25.1 Å². The van der Waals surface area contributed by atoms with Crippen molar-refractivity contribution in [3.8, 4) is 0 Å². The molecule has 5 nitrogen and oxygen atoms in total. The van der Waals surface area contributed by atoms with Crippen molar-refractivity contribution < 1.29 is 8.42 Å². The standard InChI is InChI=1S/C18H29Cl2N3O2S.HI/c1-6-21-17(23-13(2)10-11-26(5,24)25)22-12-18(3,4)16-14(19)8-7-9-15(16)20;/h7-9,13H,6,10-12H2,1-5H3,(H2,21,22,23);1H. The van der Waals surface area contributed by atoms with Crippen LogP contribution in [0.5, 0.6) is 0 Å². The SMILES string of the molecule is CCNC(=NCC(C)(C)c1c(Cl)cccc1Cl)NC(C)CCS(C)(=O)=O.I. The van der Waals surface area contributed by atoms with Crippen molar-refractivity contribution in [2.24, 2.45) is 4.99 Å². The number of nitrogens with zero attached hydrogens (tertiary/aromatic N) is 1. The van der Waals surface area contributed by atoms with Crippen LogP contribution in [0, 0.1) is 0 Å². The van der Waals surface area contributed by atoms with E-state index in [0.717, 1.165) is 5.56 Å². The average Bonchev–Trinajstić information content (AvgIpc) is 2.50. The van der Waals surface area contributed by atoms with Gasteiger partial charge in [0.2, 0.25) is 0 Å². The number of hydrogen-bond donors (Lipinski definition) is 2. The number of halogens is 3. The van der Waals surface area contributed by atoms with Crippen molar-refractivity contribution in [3.05, 3.63) is 33.8 Å². The van der Waals surface area contributed by atoms with Gasteiger partial charge in [-0.05, 0) is 38.0 Å². The van der Waals surface area contributed by atoms with Gasteiger partial charge in [-0.15, -0.1) is 24.0 Å². The summed E-state index contributed by atoms with van der Waals surface area (Å²) in [6, 6.07) is 5.45. The van der Waals surface area contributed by atoms with E-state index in [9.17, 15) is 8.42 Å². The second kappa shape index (κ2) is 11.7. The fourth-order valence-corrected chi connectivity index (χ4v) is 4.21. The Morgan fingerprint density at radius 3 is 2.30 bits per heavy atom. The molecule has 1 unspecified atom stereocenters. The van der Waals surface area contributed by atoms with Gasteiger partial charge in [0.1, 0.15) is 9.84 Å². The number of hydrogen-bond acceptors (Lipinski definition) is 3. The first-order chi connectivity index (χ1) is 12.0. The van der Waals surface area contributed by atoms with Crippen LogP contribution in [0.4, 0.5) is 0 Å². The summed E-state index contributed by atoms with van der Waals surface area (Å²) in [6.45, 7) is 9.19. The topological polar surface area (TPSA) is 70.6 Å². The van der Waals surface area contributed by atoms with E-state index < -0.39 is 9.84 Å². The molecule has 2 N–H and O–H groups in total. The maximum atomic E-state index is 11.3. The molecule has 0 saturated heterocycles. The zero-order valence-corrected chi connectivity index (χ0v) is 21.1. The molecule has 0 aliphatic rings. The minimum atomic E-state index is -2.98. The summed E-state index contributed by atoms with van der Waals surface area (Å²) in [5, 5.41) is 7.68. The highest BCUT2D eigenvalue weighted by Gasteiger charge is 2.26. The molecule has 0 aromatic heterocycles. The summed E-state index contributed by atoms with van der Waals surface area (Å²) in [7, 11) is -2.98. The van der Waals surface area contributed by atoms with Crippen molar-refractivity contribution in [2.45, 2.75) is 45.6 Å². The lowest BCUT2D eigenvalue weighted by molar-refractivity contribution is 0.534. The molecular weight excluding hydrogens is 520 g/mol. The Kier molecular flexibility index (Phi) is 11.6. The highest BCUT2D eigenvalue weighted by atomic mass is 127. The summed E-state index contributed by atoms with van der Waals surface area (Å²) in [4.78, 5) is 4.66. The largest absolute Gasteiger partial charge is 0.357 e.